The summed E-state index contributed by atoms with van der Waals surface area (Å²) < 4.78 is 7.52. The third-order valence-electron chi connectivity index (χ3n) is 5.48. The molecule has 3 heterocycles. The molecule has 5 nitrogen and oxygen atoms in total. The van der Waals surface area contributed by atoms with Gasteiger partial charge in [-0.2, -0.15) is 5.10 Å². The van der Waals surface area contributed by atoms with Crippen molar-refractivity contribution in [3.63, 3.8) is 0 Å². The van der Waals surface area contributed by atoms with Crippen LogP contribution in [0.2, 0.25) is 0 Å². The van der Waals surface area contributed by atoms with E-state index in [1.807, 2.05) is 16.9 Å². The number of ether oxygens (including phenoxy) is 1. The molecule has 1 saturated heterocycles. The second-order valence-corrected chi connectivity index (χ2v) is 7.20. The summed E-state index contributed by atoms with van der Waals surface area (Å²) in [6.07, 6.45) is 6.80. The maximum atomic E-state index is 5.51. The SMILES string of the molecule is c1ccc(C2CC2c2nc(C3CCOCC3)nn2-c2cccnc2)cc1. The van der Waals surface area contributed by atoms with E-state index < -0.39 is 0 Å². The lowest BCUT2D eigenvalue weighted by Gasteiger charge is -2.18. The molecule has 5 heteroatoms. The summed E-state index contributed by atoms with van der Waals surface area (Å²) >= 11 is 0. The van der Waals surface area contributed by atoms with Crippen LogP contribution >= 0.6 is 0 Å². The second kappa shape index (κ2) is 6.65. The van der Waals surface area contributed by atoms with Crippen molar-refractivity contribution in [3.05, 3.63) is 72.1 Å². The summed E-state index contributed by atoms with van der Waals surface area (Å²) in [5.41, 5.74) is 2.39. The Morgan fingerprint density at radius 2 is 1.81 bits per heavy atom. The Morgan fingerprint density at radius 1 is 0.962 bits per heavy atom. The number of benzene rings is 1. The molecule has 0 N–H and O–H groups in total. The molecule has 1 saturated carbocycles. The van der Waals surface area contributed by atoms with Gasteiger partial charge in [0.15, 0.2) is 5.82 Å². The fourth-order valence-electron chi connectivity index (χ4n) is 3.93. The molecule has 132 valence electrons. The third kappa shape index (κ3) is 2.92. The zero-order valence-corrected chi connectivity index (χ0v) is 14.7. The van der Waals surface area contributed by atoms with Gasteiger partial charge in [-0.1, -0.05) is 30.3 Å². The van der Waals surface area contributed by atoms with Gasteiger partial charge in [-0.3, -0.25) is 4.98 Å². The maximum Gasteiger partial charge on any atom is 0.154 e. The molecule has 1 aliphatic heterocycles. The highest BCUT2D eigenvalue weighted by atomic mass is 16.5. The Kier molecular flexibility index (Phi) is 4.02. The molecule has 0 radical (unpaired) electrons. The molecule has 1 aliphatic carbocycles. The maximum absolute atomic E-state index is 5.51. The first-order chi connectivity index (χ1) is 12.9. The molecule has 2 unspecified atom stereocenters. The van der Waals surface area contributed by atoms with Crippen molar-refractivity contribution in [3.8, 4) is 5.69 Å². The molecular weight excluding hydrogens is 324 g/mol. The van der Waals surface area contributed by atoms with Crippen molar-refractivity contribution in [1.82, 2.24) is 19.7 Å². The van der Waals surface area contributed by atoms with E-state index in [1.165, 1.54) is 5.56 Å². The van der Waals surface area contributed by atoms with Crippen molar-refractivity contribution < 1.29 is 4.74 Å². The van der Waals surface area contributed by atoms with Crippen molar-refractivity contribution in [2.24, 2.45) is 0 Å². The van der Waals surface area contributed by atoms with Gasteiger partial charge in [-0.05, 0) is 42.9 Å². The minimum Gasteiger partial charge on any atom is -0.381 e. The van der Waals surface area contributed by atoms with Crippen LogP contribution in [-0.4, -0.2) is 33.0 Å². The van der Waals surface area contributed by atoms with Crippen LogP contribution in [-0.2, 0) is 4.74 Å². The lowest BCUT2D eigenvalue weighted by molar-refractivity contribution is 0.0836. The van der Waals surface area contributed by atoms with Crippen molar-refractivity contribution in [2.45, 2.75) is 37.0 Å². The topological polar surface area (TPSA) is 52.8 Å². The van der Waals surface area contributed by atoms with Crippen LogP contribution in [0.1, 0.15) is 54.2 Å². The molecule has 3 aromatic rings. The molecule has 2 atom stereocenters. The van der Waals surface area contributed by atoms with E-state index in [-0.39, 0.29) is 0 Å². The van der Waals surface area contributed by atoms with E-state index in [4.69, 9.17) is 14.8 Å². The van der Waals surface area contributed by atoms with Gasteiger partial charge in [-0.25, -0.2) is 9.67 Å². The minimum absolute atomic E-state index is 0.398. The molecule has 0 bridgehead atoms. The zero-order valence-electron chi connectivity index (χ0n) is 14.7. The van der Waals surface area contributed by atoms with Crippen LogP contribution in [0.25, 0.3) is 5.69 Å². The molecule has 5 rings (SSSR count). The van der Waals surface area contributed by atoms with E-state index in [9.17, 15) is 0 Å². The summed E-state index contributed by atoms with van der Waals surface area (Å²) in [5, 5.41) is 4.90. The average molecular weight is 346 g/mol. The van der Waals surface area contributed by atoms with E-state index in [0.717, 1.165) is 49.8 Å². The number of nitrogens with zero attached hydrogens (tertiary/aromatic N) is 4. The van der Waals surface area contributed by atoms with Gasteiger partial charge in [0, 0.05) is 31.2 Å². The van der Waals surface area contributed by atoms with Gasteiger partial charge < -0.3 is 4.74 Å². The molecule has 2 aromatic heterocycles. The lowest BCUT2D eigenvalue weighted by Crippen LogP contribution is -2.15. The number of rotatable bonds is 4. The van der Waals surface area contributed by atoms with Gasteiger partial charge in [0.25, 0.3) is 0 Å². The molecule has 2 aliphatic rings. The highest BCUT2D eigenvalue weighted by molar-refractivity contribution is 5.36. The summed E-state index contributed by atoms with van der Waals surface area (Å²) in [5.74, 6) is 3.41. The monoisotopic (exact) mass is 346 g/mol. The molecular formula is C21H22N4O. The van der Waals surface area contributed by atoms with Gasteiger partial charge in [0.05, 0.1) is 11.9 Å². The first-order valence-corrected chi connectivity index (χ1v) is 9.40. The summed E-state index contributed by atoms with van der Waals surface area (Å²) in [6, 6.07) is 14.7. The predicted molar refractivity (Wildman–Crippen MR) is 98.5 cm³/mol. The minimum atomic E-state index is 0.398. The van der Waals surface area contributed by atoms with Crippen LogP contribution in [0, 0.1) is 0 Å². The van der Waals surface area contributed by atoms with Gasteiger partial charge >= 0.3 is 0 Å². The van der Waals surface area contributed by atoms with E-state index in [0.29, 0.717) is 17.8 Å². The van der Waals surface area contributed by atoms with Crippen LogP contribution in [0.5, 0.6) is 0 Å². The van der Waals surface area contributed by atoms with E-state index in [2.05, 4.69) is 41.4 Å². The highest BCUT2D eigenvalue weighted by Gasteiger charge is 2.43. The molecule has 2 fully saturated rings. The number of hydrogen-bond donors (Lipinski definition) is 0. The molecule has 0 spiro atoms. The number of aromatic nitrogens is 4. The Morgan fingerprint density at radius 3 is 2.58 bits per heavy atom. The Bertz CT molecular complexity index is 872. The predicted octanol–water partition coefficient (Wildman–Crippen LogP) is 3.83. The van der Waals surface area contributed by atoms with E-state index >= 15 is 0 Å². The van der Waals surface area contributed by atoms with E-state index in [1.54, 1.807) is 6.20 Å². The zero-order chi connectivity index (χ0) is 17.3. The Labute approximate surface area is 153 Å². The van der Waals surface area contributed by atoms with Crippen molar-refractivity contribution >= 4 is 0 Å². The normalized spacial score (nSPS) is 23.1. The van der Waals surface area contributed by atoms with Gasteiger partial charge in [0.1, 0.15) is 5.82 Å². The standard InChI is InChI=1S/C21H22N4O/c1-2-5-15(6-3-1)18-13-19(18)21-23-20(16-8-11-26-12-9-16)24-25(21)17-7-4-10-22-14-17/h1-7,10,14,16,18-19H,8-9,11-13H2. The first kappa shape index (κ1) is 15.7. The summed E-state index contributed by atoms with van der Waals surface area (Å²) in [6.45, 7) is 1.61. The van der Waals surface area contributed by atoms with Crippen LogP contribution in [0.15, 0.2) is 54.9 Å². The third-order valence-corrected chi connectivity index (χ3v) is 5.48. The quantitative estimate of drug-likeness (QED) is 0.720. The Balaban J connectivity index is 1.50. The molecule has 0 amide bonds. The van der Waals surface area contributed by atoms with Gasteiger partial charge in [-0.15, -0.1) is 0 Å². The fourth-order valence-corrected chi connectivity index (χ4v) is 3.93. The van der Waals surface area contributed by atoms with Crippen LogP contribution in [0.3, 0.4) is 0 Å². The second-order valence-electron chi connectivity index (χ2n) is 7.20. The van der Waals surface area contributed by atoms with Gasteiger partial charge in [0.2, 0.25) is 0 Å². The van der Waals surface area contributed by atoms with Crippen molar-refractivity contribution in [1.29, 1.82) is 0 Å². The smallest absolute Gasteiger partial charge is 0.154 e. The molecule has 1 aromatic carbocycles. The largest absolute Gasteiger partial charge is 0.381 e. The summed E-state index contributed by atoms with van der Waals surface area (Å²) in [7, 11) is 0. The highest BCUT2D eigenvalue weighted by Crippen LogP contribution is 2.54. The average Bonchev–Trinajstić information content (AvgIpc) is 3.40. The van der Waals surface area contributed by atoms with Crippen LogP contribution in [0.4, 0.5) is 0 Å². The first-order valence-electron chi connectivity index (χ1n) is 9.40. The lowest BCUT2D eigenvalue weighted by atomic mass is 10.00. The fraction of sp³-hybridized carbons (Fsp3) is 0.381. The summed E-state index contributed by atoms with van der Waals surface area (Å²) in [4.78, 5) is 9.29. The number of hydrogen-bond acceptors (Lipinski definition) is 4. The van der Waals surface area contributed by atoms with Crippen LogP contribution < -0.4 is 0 Å². The van der Waals surface area contributed by atoms with Crippen molar-refractivity contribution in [2.75, 3.05) is 13.2 Å². The molecule has 26 heavy (non-hydrogen) atoms. The number of pyridine rings is 1. The Hall–Kier alpha value is -2.53.